The van der Waals surface area contributed by atoms with Crippen LogP contribution in [0.25, 0.3) is 0 Å². The quantitative estimate of drug-likeness (QED) is 0.220. The fourth-order valence-electron chi connectivity index (χ4n) is 7.54. The van der Waals surface area contributed by atoms with Gasteiger partial charge in [0, 0.05) is 29.7 Å². The second-order valence-corrected chi connectivity index (χ2v) is 15.7. The number of benzene rings is 2. The molecule has 3 fully saturated rings. The number of carbonyl (C=O) groups is 3. The molecule has 240 valence electrons. The van der Waals surface area contributed by atoms with Crippen LogP contribution < -0.4 is 4.90 Å². The van der Waals surface area contributed by atoms with Crippen molar-refractivity contribution in [2.75, 3.05) is 24.6 Å². The highest BCUT2D eigenvalue weighted by molar-refractivity contribution is 9.09. The SMILES string of the molecule is C=CCN(Cc1ccccc1)C(=O)[C@H]1[C@@H]2SC3(CC2Br)C(C(=O)N(CC=C)c2c(C)cccc2Cl)N([C@@H](CO)C(C)C)C(=O)[C@H]13. The number of halogens is 2. The Kier molecular flexibility index (Phi) is 10.2. The Morgan fingerprint density at radius 2 is 1.82 bits per heavy atom. The minimum absolute atomic E-state index is 0.0837. The van der Waals surface area contributed by atoms with Crippen molar-refractivity contribution >= 4 is 62.7 Å². The van der Waals surface area contributed by atoms with Gasteiger partial charge in [-0.1, -0.05) is 96.0 Å². The van der Waals surface area contributed by atoms with Gasteiger partial charge in [-0.05, 0) is 36.5 Å². The maximum atomic E-state index is 15.0. The number of aliphatic hydroxyl groups is 1. The van der Waals surface area contributed by atoms with Gasteiger partial charge in [0.05, 0.1) is 39.9 Å². The summed E-state index contributed by atoms with van der Waals surface area (Å²) in [5.41, 5.74) is 2.37. The third kappa shape index (κ3) is 5.79. The van der Waals surface area contributed by atoms with Crippen LogP contribution in [0, 0.1) is 24.7 Å². The number of hydrogen-bond donors (Lipinski definition) is 1. The van der Waals surface area contributed by atoms with E-state index in [4.69, 9.17) is 11.6 Å². The monoisotopic (exact) mass is 713 g/mol. The third-order valence-electron chi connectivity index (χ3n) is 9.47. The van der Waals surface area contributed by atoms with E-state index in [0.29, 0.717) is 30.2 Å². The van der Waals surface area contributed by atoms with Crippen LogP contribution in [0.1, 0.15) is 31.4 Å². The average molecular weight is 715 g/mol. The third-order valence-corrected chi connectivity index (χ3v) is 13.0. The topological polar surface area (TPSA) is 81.2 Å². The predicted octanol–water partition coefficient (Wildman–Crippen LogP) is 5.86. The summed E-state index contributed by atoms with van der Waals surface area (Å²) in [6, 6.07) is 13.7. The minimum Gasteiger partial charge on any atom is -0.394 e. The Balaban J connectivity index is 1.62. The summed E-state index contributed by atoms with van der Waals surface area (Å²) < 4.78 is -0.878. The van der Waals surface area contributed by atoms with Crippen molar-refractivity contribution in [2.45, 2.75) is 60.6 Å². The molecule has 0 aromatic heterocycles. The zero-order chi connectivity index (χ0) is 32.6. The molecule has 10 heteroatoms. The molecule has 5 rings (SSSR count). The van der Waals surface area contributed by atoms with E-state index in [9.17, 15) is 14.7 Å². The first kappa shape index (κ1) is 33.8. The van der Waals surface area contributed by atoms with Crippen LogP contribution in [0.5, 0.6) is 0 Å². The Morgan fingerprint density at radius 1 is 1.13 bits per heavy atom. The summed E-state index contributed by atoms with van der Waals surface area (Å²) in [5.74, 6) is -2.16. The Labute approximate surface area is 283 Å². The summed E-state index contributed by atoms with van der Waals surface area (Å²) in [6.45, 7) is 14.2. The lowest BCUT2D eigenvalue weighted by atomic mass is 9.70. The zero-order valence-corrected chi connectivity index (χ0v) is 29.1. The van der Waals surface area contributed by atoms with Crippen molar-refractivity contribution in [2.24, 2.45) is 17.8 Å². The summed E-state index contributed by atoms with van der Waals surface area (Å²) in [5, 5.41) is 10.9. The number of amides is 3. The molecule has 3 aliphatic rings. The fourth-order valence-corrected chi connectivity index (χ4v) is 11.5. The van der Waals surface area contributed by atoms with Crippen molar-refractivity contribution in [1.29, 1.82) is 0 Å². The molecule has 3 aliphatic heterocycles. The van der Waals surface area contributed by atoms with E-state index in [2.05, 4.69) is 29.1 Å². The molecule has 7 nitrogen and oxygen atoms in total. The van der Waals surface area contributed by atoms with E-state index >= 15 is 4.79 Å². The average Bonchev–Trinajstić information content (AvgIpc) is 3.60. The highest BCUT2D eigenvalue weighted by atomic mass is 79.9. The van der Waals surface area contributed by atoms with Crippen LogP contribution in [0.15, 0.2) is 73.8 Å². The van der Waals surface area contributed by atoms with Crippen molar-refractivity contribution in [3.63, 3.8) is 0 Å². The molecule has 45 heavy (non-hydrogen) atoms. The number of likely N-dealkylation sites (tertiary alicyclic amines) is 1. The summed E-state index contributed by atoms with van der Waals surface area (Å²) in [4.78, 5) is 49.3. The highest BCUT2D eigenvalue weighted by Gasteiger charge is 2.76. The van der Waals surface area contributed by atoms with Gasteiger partial charge in [0.25, 0.3) is 5.91 Å². The number of aliphatic hydroxyl groups excluding tert-OH is 1. The molecule has 3 unspecified atom stereocenters. The van der Waals surface area contributed by atoms with Crippen molar-refractivity contribution in [3.8, 4) is 0 Å². The van der Waals surface area contributed by atoms with Crippen LogP contribution >= 0.6 is 39.3 Å². The summed E-state index contributed by atoms with van der Waals surface area (Å²) in [7, 11) is 0. The van der Waals surface area contributed by atoms with Gasteiger partial charge in [-0.25, -0.2) is 0 Å². The molecule has 1 spiro atoms. The number of hydrogen-bond acceptors (Lipinski definition) is 5. The Bertz CT molecular complexity index is 1450. The first-order valence-corrected chi connectivity index (χ1v) is 17.6. The van der Waals surface area contributed by atoms with E-state index in [0.717, 1.165) is 11.1 Å². The Hall–Kier alpha value is -2.59. The molecule has 1 N–H and O–H groups in total. The van der Waals surface area contributed by atoms with Crippen LogP contribution in [0.4, 0.5) is 5.69 Å². The van der Waals surface area contributed by atoms with E-state index in [1.54, 1.807) is 44.7 Å². The molecular formula is C35H41BrClN3O4S. The molecule has 0 saturated carbocycles. The lowest BCUT2D eigenvalue weighted by molar-refractivity contribution is -0.146. The standard InChI is InChI=1S/C35H41BrClN3O4S/c1-6-16-38(19-23-13-9-8-10-14-23)32(42)27-28-33(43)40(26(20-41)21(3)4)31(35(28)18-24(36)30(27)45-35)34(44)39(17-7-2)29-22(5)12-11-15-25(29)37/h6-15,21,24,26-28,30-31,41H,1-2,16-20H2,3-5H3/t24?,26-,27+,28-,30+,31?,35?/m0/s1. The minimum atomic E-state index is -0.917. The van der Waals surface area contributed by atoms with E-state index < -0.39 is 28.7 Å². The maximum Gasteiger partial charge on any atom is 0.251 e. The van der Waals surface area contributed by atoms with Crippen LogP contribution in [0.2, 0.25) is 5.02 Å². The van der Waals surface area contributed by atoms with Crippen LogP contribution in [0.3, 0.4) is 0 Å². The van der Waals surface area contributed by atoms with E-state index in [-0.39, 0.29) is 46.9 Å². The summed E-state index contributed by atoms with van der Waals surface area (Å²) in [6.07, 6.45) is 3.89. The number of nitrogens with zero attached hydrogens (tertiary/aromatic N) is 3. The van der Waals surface area contributed by atoms with Crippen LogP contribution in [-0.4, -0.2) is 79.2 Å². The van der Waals surface area contributed by atoms with Gasteiger partial charge in [0.1, 0.15) is 6.04 Å². The fraction of sp³-hybridized carbons (Fsp3) is 0.457. The number of rotatable bonds is 12. The number of fused-ring (bicyclic) bond motifs is 1. The lowest BCUT2D eigenvalue weighted by Gasteiger charge is -2.41. The number of aryl methyl sites for hydroxylation is 1. The molecule has 0 aliphatic carbocycles. The largest absolute Gasteiger partial charge is 0.394 e. The molecule has 3 saturated heterocycles. The van der Waals surface area contributed by atoms with Gasteiger partial charge in [-0.2, -0.15) is 0 Å². The molecular weight excluding hydrogens is 674 g/mol. The van der Waals surface area contributed by atoms with E-state index in [1.165, 1.54) is 0 Å². The maximum absolute atomic E-state index is 15.0. The molecule has 3 amide bonds. The first-order chi connectivity index (χ1) is 21.5. The highest BCUT2D eigenvalue weighted by Crippen LogP contribution is 2.68. The van der Waals surface area contributed by atoms with Gasteiger partial charge < -0.3 is 19.8 Å². The predicted molar refractivity (Wildman–Crippen MR) is 186 cm³/mol. The molecule has 7 atom stereocenters. The summed E-state index contributed by atoms with van der Waals surface area (Å²) >= 11 is 12.2. The van der Waals surface area contributed by atoms with Gasteiger partial charge >= 0.3 is 0 Å². The molecule has 2 bridgehead atoms. The molecule has 2 aromatic carbocycles. The number of carbonyl (C=O) groups excluding carboxylic acids is 3. The molecule has 0 radical (unpaired) electrons. The molecule has 2 aromatic rings. The number of thioether (sulfide) groups is 1. The van der Waals surface area contributed by atoms with Gasteiger partial charge in [0.15, 0.2) is 0 Å². The zero-order valence-electron chi connectivity index (χ0n) is 25.9. The molecule has 3 heterocycles. The van der Waals surface area contributed by atoms with Crippen LogP contribution in [-0.2, 0) is 20.9 Å². The first-order valence-electron chi connectivity index (χ1n) is 15.4. The second kappa shape index (κ2) is 13.6. The van der Waals surface area contributed by atoms with Crippen molar-refractivity contribution in [3.05, 3.63) is 90.0 Å². The Morgan fingerprint density at radius 3 is 2.42 bits per heavy atom. The second-order valence-electron chi connectivity index (χ2n) is 12.5. The normalized spacial score (nSPS) is 27.4. The number of alkyl halides is 1. The van der Waals surface area contributed by atoms with Crippen molar-refractivity contribution in [1.82, 2.24) is 9.80 Å². The van der Waals surface area contributed by atoms with E-state index in [1.807, 2.05) is 63.2 Å². The van der Waals surface area contributed by atoms with Crippen molar-refractivity contribution < 1.29 is 19.5 Å². The van der Waals surface area contributed by atoms with Gasteiger partial charge in [-0.3, -0.25) is 14.4 Å². The number of anilines is 1. The lowest BCUT2D eigenvalue weighted by Crippen LogP contribution is -2.59. The smallest absolute Gasteiger partial charge is 0.251 e. The number of para-hydroxylation sites is 1. The van der Waals surface area contributed by atoms with Gasteiger partial charge in [0.2, 0.25) is 11.8 Å². The van der Waals surface area contributed by atoms with Gasteiger partial charge in [-0.15, -0.1) is 24.9 Å².